The van der Waals surface area contributed by atoms with E-state index in [2.05, 4.69) is 34.4 Å². The molecule has 1 unspecified atom stereocenters. The van der Waals surface area contributed by atoms with Crippen LogP contribution in [0, 0.1) is 11.7 Å². The van der Waals surface area contributed by atoms with Gasteiger partial charge in [-0.05, 0) is 79.6 Å². The van der Waals surface area contributed by atoms with E-state index in [1.807, 2.05) is 4.90 Å². The first-order valence-electron chi connectivity index (χ1n) is 12.8. The number of carbonyl (C=O) groups excluding carboxylic acids is 1. The summed E-state index contributed by atoms with van der Waals surface area (Å²) < 4.78 is 19.9. The molecular formula is C28H27ClFN5O2. The Balaban J connectivity index is 1.25. The first kappa shape index (κ1) is 22.9. The number of anilines is 4. The van der Waals surface area contributed by atoms with Gasteiger partial charge in [0.1, 0.15) is 10.8 Å². The highest BCUT2D eigenvalue weighted by Crippen LogP contribution is 2.52. The van der Waals surface area contributed by atoms with Gasteiger partial charge in [0.05, 0.1) is 24.8 Å². The number of likely N-dealkylation sites (N-methyl/N-ethyl adjacent to an activating group) is 1. The average Bonchev–Trinajstić information content (AvgIpc) is 3.61. The minimum Gasteiger partial charge on any atom is -0.451 e. The summed E-state index contributed by atoms with van der Waals surface area (Å²) in [6.45, 7) is 2.31. The molecule has 0 radical (unpaired) electrons. The smallest absolute Gasteiger partial charge is 0.311 e. The molecule has 1 spiro atoms. The third kappa shape index (κ3) is 4.03. The summed E-state index contributed by atoms with van der Waals surface area (Å²) in [5.74, 6) is 0.967. The Kier molecular flexibility index (Phi) is 5.20. The topological polar surface area (TPSA) is 70.6 Å². The van der Waals surface area contributed by atoms with Gasteiger partial charge in [-0.25, -0.2) is 9.37 Å². The molecule has 3 aromatic rings. The van der Waals surface area contributed by atoms with Gasteiger partial charge in [-0.1, -0.05) is 17.7 Å². The van der Waals surface area contributed by atoms with E-state index in [4.69, 9.17) is 21.3 Å². The molecule has 2 aromatic carbocycles. The van der Waals surface area contributed by atoms with Crippen LogP contribution in [0.5, 0.6) is 0 Å². The summed E-state index contributed by atoms with van der Waals surface area (Å²) in [7, 11) is 2.14. The Hall–Kier alpha value is -3.23. The molecule has 7 nitrogen and oxygen atoms in total. The van der Waals surface area contributed by atoms with Crippen molar-refractivity contribution in [3.05, 3.63) is 69.6 Å². The zero-order valence-electron chi connectivity index (χ0n) is 20.6. The van der Waals surface area contributed by atoms with Crippen molar-refractivity contribution in [2.24, 2.45) is 5.92 Å². The Morgan fingerprint density at radius 3 is 2.86 bits per heavy atom. The number of nitrogens with one attached hydrogen (secondary N) is 1. The van der Waals surface area contributed by atoms with Crippen LogP contribution in [0.4, 0.5) is 27.5 Å². The quantitative estimate of drug-likeness (QED) is 0.462. The van der Waals surface area contributed by atoms with Crippen LogP contribution in [0.1, 0.15) is 41.5 Å². The van der Waals surface area contributed by atoms with E-state index >= 15 is 0 Å². The fraction of sp³-hybridized carbons (Fsp3) is 0.393. The summed E-state index contributed by atoms with van der Waals surface area (Å²) in [6, 6.07) is 9.10. The molecule has 190 valence electrons. The molecular weight excluding hydrogens is 493 g/mol. The highest BCUT2D eigenvalue weighted by Gasteiger charge is 2.55. The predicted molar refractivity (Wildman–Crippen MR) is 139 cm³/mol. The Labute approximate surface area is 219 Å². The number of carbonyl (C=O) groups is 1. The molecule has 1 saturated heterocycles. The van der Waals surface area contributed by atoms with Gasteiger partial charge in [0, 0.05) is 24.3 Å². The van der Waals surface area contributed by atoms with Gasteiger partial charge in [0.2, 0.25) is 5.95 Å². The van der Waals surface area contributed by atoms with Gasteiger partial charge in [0.15, 0.2) is 11.4 Å². The van der Waals surface area contributed by atoms with Crippen molar-refractivity contribution < 1.29 is 13.9 Å². The number of hydrogen-bond acceptors (Lipinski definition) is 7. The molecule has 1 saturated carbocycles. The van der Waals surface area contributed by atoms with Crippen molar-refractivity contribution in [3.63, 3.8) is 0 Å². The van der Waals surface area contributed by atoms with Crippen molar-refractivity contribution in [2.45, 2.75) is 44.2 Å². The fourth-order valence-electron chi connectivity index (χ4n) is 5.86. The van der Waals surface area contributed by atoms with E-state index in [-0.39, 0.29) is 18.2 Å². The monoisotopic (exact) mass is 519 g/mol. The highest BCUT2D eigenvalue weighted by molar-refractivity contribution is 6.33. The molecule has 1 atom stereocenters. The second-order valence-corrected chi connectivity index (χ2v) is 11.2. The summed E-state index contributed by atoms with van der Waals surface area (Å²) in [6.07, 6.45) is 6.46. The van der Waals surface area contributed by atoms with Crippen molar-refractivity contribution >= 4 is 40.7 Å². The summed E-state index contributed by atoms with van der Waals surface area (Å²) in [5.41, 5.74) is 5.62. The highest BCUT2D eigenvalue weighted by atomic mass is 35.5. The molecule has 0 bridgehead atoms. The third-order valence-corrected chi connectivity index (χ3v) is 8.22. The van der Waals surface area contributed by atoms with E-state index in [1.165, 1.54) is 41.7 Å². The van der Waals surface area contributed by atoms with Gasteiger partial charge in [-0.2, -0.15) is 4.98 Å². The normalized spacial score (nSPS) is 22.5. The van der Waals surface area contributed by atoms with Crippen LogP contribution in [-0.2, 0) is 34.5 Å². The fourth-order valence-corrected chi connectivity index (χ4v) is 6.05. The molecule has 37 heavy (non-hydrogen) atoms. The predicted octanol–water partition coefficient (Wildman–Crippen LogP) is 5.25. The SMILES string of the molecule is CN1CCc2cc(CC3CC3)c(Nc3ncc(Cl)c(N4CC5(CC(=O)O5)c5ccc(F)cc54)n3)cc2C1. The van der Waals surface area contributed by atoms with Crippen LogP contribution in [-0.4, -0.2) is 41.0 Å². The minimum atomic E-state index is -0.802. The lowest BCUT2D eigenvalue weighted by Gasteiger charge is -2.37. The average molecular weight is 520 g/mol. The molecule has 1 N–H and O–H groups in total. The third-order valence-electron chi connectivity index (χ3n) is 7.96. The van der Waals surface area contributed by atoms with Gasteiger partial charge in [-0.3, -0.25) is 4.79 Å². The number of fused-ring (bicyclic) bond motifs is 3. The maximum absolute atomic E-state index is 14.3. The first-order chi connectivity index (χ1) is 17.9. The number of aromatic nitrogens is 2. The standard InChI is InChI=1S/C28H27ClFN5O2/c1-34-7-6-17-9-18(8-16-2-3-16)23(10-19(17)14-34)32-27-31-13-22(29)26(33-27)35-15-28(12-25(36)37-28)21-5-4-20(30)11-24(21)35/h4-5,9-11,13,16H,2-3,6-8,12,14-15H2,1H3,(H,31,32,33). The van der Waals surface area contributed by atoms with Crippen molar-refractivity contribution in [2.75, 3.05) is 30.4 Å². The molecule has 4 aliphatic rings. The lowest BCUT2D eigenvalue weighted by atomic mass is 9.88. The zero-order valence-corrected chi connectivity index (χ0v) is 21.3. The summed E-state index contributed by atoms with van der Waals surface area (Å²) in [5, 5.41) is 3.81. The molecule has 2 fully saturated rings. The minimum absolute atomic E-state index is 0.240. The summed E-state index contributed by atoms with van der Waals surface area (Å²) in [4.78, 5) is 25.2. The largest absolute Gasteiger partial charge is 0.451 e. The molecule has 9 heteroatoms. The van der Waals surface area contributed by atoms with E-state index in [0.717, 1.165) is 43.1 Å². The van der Waals surface area contributed by atoms with Crippen molar-refractivity contribution in [3.8, 4) is 0 Å². The van der Waals surface area contributed by atoms with Crippen molar-refractivity contribution in [1.29, 1.82) is 0 Å². The van der Waals surface area contributed by atoms with E-state index in [0.29, 0.717) is 29.0 Å². The molecule has 3 aliphatic heterocycles. The van der Waals surface area contributed by atoms with Crippen LogP contribution in [0.2, 0.25) is 5.02 Å². The molecule has 1 aromatic heterocycles. The maximum atomic E-state index is 14.3. The van der Waals surface area contributed by atoms with Gasteiger partial charge in [0.25, 0.3) is 0 Å². The van der Waals surface area contributed by atoms with Crippen LogP contribution in [0.25, 0.3) is 0 Å². The van der Waals surface area contributed by atoms with E-state index < -0.39 is 5.60 Å². The number of esters is 1. The molecule has 4 heterocycles. The second-order valence-electron chi connectivity index (χ2n) is 10.8. The lowest BCUT2D eigenvalue weighted by Crippen LogP contribution is -2.47. The Bertz CT molecular complexity index is 1430. The van der Waals surface area contributed by atoms with Gasteiger partial charge >= 0.3 is 5.97 Å². The number of hydrogen-bond donors (Lipinski definition) is 1. The summed E-state index contributed by atoms with van der Waals surface area (Å²) >= 11 is 6.59. The van der Waals surface area contributed by atoms with Crippen LogP contribution in [0.15, 0.2) is 36.5 Å². The van der Waals surface area contributed by atoms with E-state index in [9.17, 15) is 9.18 Å². The number of benzene rings is 2. The van der Waals surface area contributed by atoms with Crippen LogP contribution in [0.3, 0.4) is 0 Å². The maximum Gasteiger partial charge on any atom is 0.311 e. The van der Waals surface area contributed by atoms with Gasteiger partial charge < -0.3 is 19.9 Å². The van der Waals surface area contributed by atoms with Crippen LogP contribution >= 0.6 is 11.6 Å². The number of ether oxygens (including phenoxy) is 1. The van der Waals surface area contributed by atoms with Gasteiger partial charge in [-0.15, -0.1) is 0 Å². The molecule has 7 rings (SSSR count). The van der Waals surface area contributed by atoms with E-state index in [1.54, 1.807) is 12.3 Å². The zero-order chi connectivity index (χ0) is 25.3. The second kappa shape index (κ2) is 8.39. The van der Waals surface area contributed by atoms with Crippen molar-refractivity contribution in [1.82, 2.24) is 14.9 Å². The Morgan fingerprint density at radius 1 is 1.24 bits per heavy atom. The number of halogens is 2. The Morgan fingerprint density at radius 2 is 2.08 bits per heavy atom. The molecule has 1 aliphatic carbocycles. The first-order valence-corrected chi connectivity index (χ1v) is 13.2. The lowest BCUT2D eigenvalue weighted by molar-refractivity contribution is -0.190. The van der Waals surface area contributed by atoms with Crippen LogP contribution < -0.4 is 10.2 Å². The number of rotatable bonds is 5. The molecule has 0 amide bonds. The number of nitrogens with zero attached hydrogens (tertiary/aromatic N) is 4.